The highest BCUT2D eigenvalue weighted by atomic mass is 35.5. The van der Waals surface area contributed by atoms with E-state index in [-0.39, 0.29) is 11.4 Å². The summed E-state index contributed by atoms with van der Waals surface area (Å²) in [6.45, 7) is 5.95. The summed E-state index contributed by atoms with van der Waals surface area (Å²) in [6, 6.07) is 7.77. The van der Waals surface area contributed by atoms with Gasteiger partial charge in [0.2, 0.25) is 0 Å². The second-order valence-electron chi connectivity index (χ2n) is 4.94. The molecule has 0 bridgehead atoms. The second kappa shape index (κ2) is 4.94. The first kappa shape index (κ1) is 13.2. The Morgan fingerprint density at radius 3 is 2.65 bits per heavy atom. The van der Waals surface area contributed by atoms with Gasteiger partial charge in [-0.05, 0) is 45.0 Å². The number of furan rings is 1. The third-order valence-corrected chi connectivity index (χ3v) is 3.60. The number of rotatable bonds is 3. The fourth-order valence-electron chi connectivity index (χ4n) is 2.40. The fraction of sp³-hybridized carbons (Fsp3) is 0.333. The number of aryl methyl sites for hydroxylation is 1. The lowest BCUT2D eigenvalue weighted by Crippen LogP contribution is -2.11. The van der Waals surface area contributed by atoms with E-state index in [0.717, 1.165) is 28.4 Å². The Hall–Kier alpha value is -1.81. The molecule has 4 nitrogen and oxygen atoms in total. The van der Waals surface area contributed by atoms with Crippen LogP contribution in [0.4, 0.5) is 0 Å². The molecule has 3 heterocycles. The monoisotopic (exact) mass is 289 g/mol. The highest BCUT2D eigenvalue weighted by molar-refractivity contribution is 6.20. The van der Waals surface area contributed by atoms with Crippen LogP contribution in [0.3, 0.4) is 0 Å². The summed E-state index contributed by atoms with van der Waals surface area (Å²) in [5.41, 5.74) is 2.66. The van der Waals surface area contributed by atoms with Crippen LogP contribution >= 0.6 is 11.6 Å². The molecule has 0 aliphatic rings. The zero-order valence-corrected chi connectivity index (χ0v) is 12.4. The van der Waals surface area contributed by atoms with E-state index in [9.17, 15) is 0 Å². The van der Waals surface area contributed by atoms with Crippen LogP contribution in [-0.2, 0) is 0 Å². The molecule has 0 aliphatic carbocycles. The molecule has 2 atom stereocenters. The Kier molecular flexibility index (Phi) is 3.26. The van der Waals surface area contributed by atoms with Crippen LogP contribution in [0.15, 0.2) is 34.9 Å². The van der Waals surface area contributed by atoms with Crippen molar-refractivity contribution in [3.63, 3.8) is 0 Å². The number of halogens is 1. The number of aromatic nitrogens is 3. The largest absolute Gasteiger partial charge is 0.467 e. The molecular formula is C15H16ClN3O. The summed E-state index contributed by atoms with van der Waals surface area (Å²) in [5.74, 6) is 1.68. The van der Waals surface area contributed by atoms with Gasteiger partial charge in [0.15, 0.2) is 5.65 Å². The third kappa shape index (κ3) is 2.10. The number of alkyl halides is 1. The van der Waals surface area contributed by atoms with Crippen LogP contribution in [0, 0.1) is 6.92 Å². The minimum Gasteiger partial charge on any atom is -0.467 e. The lowest BCUT2D eigenvalue weighted by molar-refractivity contribution is 0.443. The summed E-state index contributed by atoms with van der Waals surface area (Å²) in [6.07, 6.45) is 1.67. The summed E-state index contributed by atoms with van der Waals surface area (Å²) in [5, 5.41) is -0.193. The molecule has 0 saturated carbocycles. The van der Waals surface area contributed by atoms with Gasteiger partial charge in [0, 0.05) is 5.69 Å². The minimum atomic E-state index is -0.193. The highest BCUT2D eigenvalue weighted by Gasteiger charge is 2.22. The van der Waals surface area contributed by atoms with Gasteiger partial charge in [-0.2, -0.15) is 0 Å². The van der Waals surface area contributed by atoms with Crippen molar-refractivity contribution in [3.05, 3.63) is 47.8 Å². The Balaban J connectivity index is 2.25. The van der Waals surface area contributed by atoms with E-state index >= 15 is 0 Å². The SMILES string of the molecule is Cc1ccc2nc(C(C)Cl)n(C(C)c3ccco3)c2n1. The Morgan fingerprint density at radius 2 is 2.00 bits per heavy atom. The van der Waals surface area contributed by atoms with Crippen LogP contribution in [0.1, 0.15) is 42.5 Å². The number of hydrogen-bond acceptors (Lipinski definition) is 3. The second-order valence-corrected chi connectivity index (χ2v) is 5.60. The molecule has 3 aromatic heterocycles. The summed E-state index contributed by atoms with van der Waals surface area (Å²) in [7, 11) is 0. The predicted octanol–water partition coefficient (Wildman–Crippen LogP) is 4.24. The standard InChI is InChI=1S/C15H16ClN3O/c1-9-6-7-12-15(17-9)19(14(18-12)10(2)16)11(3)13-5-4-8-20-13/h4-8,10-11H,1-3H3. The van der Waals surface area contributed by atoms with Gasteiger partial charge in [0.25, 0.3) is 0 Å². The summed E-state index contributed by atoms with van der Waals surface area (Å²) >= 11 is 6.28. The smallest absolute Gasteiger partial charge is 0.160 e. The topological polar surface area (TPSA) is 43.9 Å². The lowest BCUT2D eigenvalue weighted by atomic mass is 10.2. The molecule has 0 saturated heterocycles. The van der Waals surface area contributed by atoms with E-state index in [1.807, 2.05) is 38.1 Å². The molecule has 3 aromatic rings. The van der Waals surface area contributed by atoms with Crippen LogP contribution in [0.5, 0.6) is 0 Å². The Morgan fingerprint density at radius 1 is 1.20 bits per heavy atom. The Labute approximate surface area is 122 Å². The average molecular weight is 290 g/mol. The molecule has 0 radical (unpaired) electrons. The zero-order valence-electron chi connectivity index (χ0n) is 11.7. The molecule has 104 valence electrons. The van der Waals surface area contributed by atoms with Crippen molar-refractivity contribution in [1.29, 1.82) is 0 Å². The fourth-order valence-corrected chi connectivity index (χ4v) is 2.56. The normalized spacial score (nSPS) is 14.6. The number of hydrogen-bond donors (Lipinski definition) is 0. The maximum Gasteiger partial charge on any atom is 0.160 e. The molecule has 0 spiro atoms. The number of pyridine rings is 1. The molecule has 0 amide bonds. The van der Waals surface area contributed by atoms with Gasteiger partial charge in [-0.1, -0.05) is 0 Å². The van der Waals surface area contributed by atoms with Crippen molar-refractivity contribution in [2.45, 2.75) is 32.2 Å². The molecule has 0 fully saturated rings. The van der Waals surface area contributed by atoms with Crippen molar-refractivity contribution in [2.24, 2.45) is 0 Å². The Bertz CT molecular complexity index is 731. The zero-order chi connectivity index (χ0) is 14.3. The van der Waals surface area contributed by atoms with E-state index in [4.69, 9.17) is 16.0 Å². The third-order valence-electron chi connectivity index (χ3n) is 3.40. The first-order chi connectivity index (χ1) is 9.58. The molecule has 0 aromatic carbocycles. The highest BCUT2D eigenvalue weighted by Crippen LogP contribution is 2.30. The first-order valence-corrected chi connectivity index (χ1v) is 7.04. The van der Waals surface area contributed by atoms with E-state index < -0.39 is 0 Å². The number of nitrogens with zero attached hydrogens (tertiary/aromatic N) is 3. The van der Waals surface area contributed by atoms with Crippen molar-refractivity contribution >= 4 is 22.8 Å². The van der Waals surface area contributed by atoms with Gasteiger partial charge >= 0.3 is 0 Å². The molecule has 0 aliphatic heterocycles. The van der Waals surface area contributed by atoms with E-state index in [1.165, 1.54) is 0 Å². The van der Waals surface area contributed by atoms with Gasteiger partial charge < -0.3 is 8.98 Å². The summed E-state index contributed by atoms with van der Waals surface area (Å²) in [4.78, 5) is 9.22. The van der Waals surface area contributed by atoms with Crippen molar-refractivity contribution < 1.29 is 4.42 Å². The number of fused-ring (bicyclic) bond motifs is 1. The van der Waals surface area contributed by atoms with Crippen LogP contribution in [-0.4, -0.2) is 14.5 Å². The van der Waals surface area contributed by atoms with E-state index in [1.54, 1.807) is 6.26 Å². The molecular weight excluding hydrogens is 274 g/mol. The predicted molar refractivity (Wildman–Crippen MR) is 79.1 cm³/mol. The van der Waals surface area contributed by atoms with Gasteiger partial charge in [-0.3, -0.25) is 0 Å². The van der Waals surface area contributed by atoms with Crippen LogP contribution in [0.25, 0.3) is 11.2 Å². The van der Waals surface area contributed by atoms with Gasteiger partial charge in [0.1, 0.15) is 17.1 Å². The minimum absolute atomic E-state index is 0.000463. The van der Waals surface area contributed by atoms with Crippen molar-refractivity contribution in [2.75, 3.05) is 0 Å². The van der Waals surface area contributed by atoms with Gasteiger partial charge in [-0.15, -0.1) is 11.6 Å². The molecule has 5 heteroatoms. The van der Waals surface area contributed by atoms with Crippen molar-refractivity contribution in [1.82, 2.24) is 14.5 Å². The lowest BCUT2D eigenvalue weighted by Gasteiger charge is -2.16. The molecule has 3 rings (SSSR count). The maximum atomic E-state index is 6.28. The van der Waals surface area contributed by atoms with Crippen molar-refractivity contribution in [3.8, 4) is 0 Å². The van der Waals surface area contributed by atoms with E-state index in [0.29, 0.717) is 0 Å². The maximum absolute atomic E-state index is 6.28. The van der Waals surface area contributed by atoms with Crippen LogP contribution in [0.2, 0.25) is 0 Å². The van der Waals surface area contributed by atoms with E-state index in [2.05, 4.69) is 21.5 Å². The first-order valence-electron chi connectivity index (χ1n) is 6.61. The van der Waals surface area contributed by atoms with Crippen LogP contribution < -0.4 is 0 Å². The average Bonchev–Trinajstić information content (AvgIpc) is 3.04. The quantitative estimate of drug-likeness (QED) is 0.677. The molecule has 20 heavy (non-hydrogen) atoms. The molecule has 0 N–H and O–H groups in total. The number of imidazole rings is 1. The summed E-state index contributed by atoms with van der Waals surface area (Å²) < 4.78 is 7.57. The van der Waals surface area contributed by atoms with Gasteiger partial charge in [-0.25, -0.2) is 9.97 Å². The molecule has 2 unspecified atom stereocenters. The van der Waals surface area contributed by atoms with Gasteiger partial charge in [0.05, 0.1) is 17.7 Å².